The maximum Gasteiger partial charge on any atom is 0.238 e. The maximum atomic E-state index is 5.43. The Hall–Kier alpha value is -1.69. The monoisotopic (exact) mass is 289 g/mol. The number of nitrogens with one attached hydrogen (secondary N) is 1. The van der Waals surface area contributed by atoms with Crippen LogP contribution >= 0.6 is 0 Å². The number of hydrogen-bond acceptors (Lipinski definition) is 5. The number of hydrogen-bond donors (Lipinski definition) is 1. The molecule has 1 N–H and O–H groups in total. The van der Waals surface area contributed by atoms with Gasteiger partial charge in [-0.2, -0.15) is 4.98 Å². The molecule has 114 valence electrons. The van der Waals surface area contributed by atoms with Crippen molar-refractivity contribution in [2.45, 2.75) is 45.1 Å². The van der Waals surface area contributed by atoms with Crippen LogP contribution in [0, 0.1) is 5.92 Å². The Morgan fingerprint density at radius 1 is 1.38 bits per heavy atom. The minimum Gasteiger partial charge on any atom is -0.339 e. The molecule has 0 amide bonds. The predicted octanol–water partition coefficient (Wildman–Crippen LogP) is 2.18. The molecule has 0 bridgehead atoms. The average molecular weight is 289 g/mol. The molecule has 2 unspecified atom stereocenters. The lowest BCUT2D eigenvalue weighted by Gasteiger charge is -2.31. The first kappa shape index (κ1) is 14.3. The third kappa shape index (κ3) is 3.15. The molecule has 3 rings (SSSR count). The van der Waals surface area contributed by atoms with Crippen molar-refractivity contribution in [1.82, 2.24) is 25.0 Å². The number of nitrogens with zero attached hydrogens (tertiary/aromatic N) is 4. The minimum atomic E-state index is 0.576. The van der Waals surface area contributed by atoms with Gasteiger partial charge in [0.25, 0.3) is 0 Å². The maximum absolute atomic E-state index is 5.43. The molecule has 2 aromatic heterocycles. The van der Waals surface area contributed by atoms with Gasteiger partial charge in [0.15, 0.2) is 5.82 Å². The van der Waals surface area contributed by atoms with Gasteiger partial charge in [-0.05, 0) is 25.3 Å². The highest BCUT2D eigenvalue weighted by molar-refractivity contribution is 5.42. The van der Waals surface area contributed by atoms with Crippen LogP contribution in [0.5, 0.6) is 0 Å². The van der Waals surface area contributed by atoms with Gasteiger partial charge in [-0.25, -0.2) is 4.98 Å². The van der Waals surface area contributed by atoms with E-state index >= 15 is 0 Å². The minimum absolute atomic E-state index is 0.576. The third-order valence-electron chi connectivity index (χ3n) is 4.30. The quantitative estimate of drug-likeness (QED) is 0.913. The van der Waals surface area contributed by atoms with E-state index in [0.29, 0.717) is 17.8 Å². The molecule has 0 radical (unpaired) electrons. The second-order valence-corrected chi connectivity index (χ2v) is 5.79. The molecule has 6 nitrogen and oxygen atoms in total. The van der Waals surface area contributed by atoms with Crippen molar-refractivity contribution in [3.8, 4) is 11.6 Å². The molecule has 0 aromatic carbocycles. The summed E-state index contributed by atoms with van der Waals surface area (Å²) >= 11 is 0. The molecule has 2 aromatic rings. The largest absolute Gasteiger partial charge is 0.339 e. The van der Waals surface area contributed by atoms with E-state index in [-0.39, 0.29) is 0 Å². The Balaban J connectivity index is 1.70. The summed E-state index contributed by atoms with van der Waals surface area (Å²) < 4.78 is 7.33. The zero-order valence-electron chi connectivity index (χ0n) is 12.7. The van der Waals surface area contributed by atoms with Crippen LogP contribution in [0.15, 0.2) is 16.9 Å². The molecular weight excluding hydrogens is 266 g/mol. The summed E-state index contributed by atoms with van der Waals surface area (Å²) in [5.41, 5.74) is 0. The van der Waals surface area contributed by atoms with Gasteiger partial charge >= 0.3 is 0 Å². The highest BCUT2D eigenvalue weighted by atomic mass is 16.5. The fourth-order valence-electron chi connectivity index (χ4n) is 3.22. The van der Waals surface area contributed by atoms with Gasteiger partial charge < -0.3 is 14.4 Å². The van der Waals surface area contributed by atoms with Crippen LogP contribution < -0.4 is 5.32 Å². The fourth-order valence-corrected chi connectivity index (χ4v) is 3.22. The van der Waals surface area contributed by atoms with E-state index in [9.17, 15) is 0 Å². The van der Waals surface area contributed by atoms with Gasteiger partial charge in [-0.1, -0.05) is 24.9 Å². The zero-order chi connectivity index (χ0) is 14.7. The lowest BCUT2D eigenvalue weighted by atomic mass is 9.82. The van der Waals surface area contributed by atoms with E-state index in [4.69, 9.17) is 4.52 Å². The van der Waals surface area contributed by atoms with Crippen LogP contribution in [-0.2, 0) is 13.5 Å². The van der Waals surface area contributed by atoms with Crippen molar-refractivity contribution in [2.24, 2.45) is 13.0 Å². The molecule has 1 aliphatic carbocycles. The summed E-state index contributed by atoms with van der Waals surface area (Å²) in [5, 5.41) is 7.66. The third-order valence-corrected chi connectivity index (χ3v) is 4.30. The fraction of sp³-hybridized carbons (Fsp3) is 0.667. The SMILES string of the molecule is CCNC1CCCCC1Cc1nc(-c2nccn2C)no1. The molecule has 2 atom stereocenters. The summed E-state index contributed by atoms with van der Waals surface area (Å²) in [6, 6.07) is 0.576. The first-order chi connectivity index (χ1) is 10.3. The van der Waals surface area contributed by atoms with Crippen LogP contribution in [0.25, 0.3) is 11.6 Å². The number of rotatable bonds is 5. The van der Waals surface area contributed by atoms with Gasteiger partial charge in [0, 0.05) is 31.9 Å². The molecule has 21 heavy (non-hydrogen) atoms. The van der Waals surface area contributed by atoms with Gasteiger partial charge in [-0.15, -0.1) is 0 Å². The van der Waals surface area contributed by atoms with E-state index in [0.717, 1.165) is 24.7 Å². The number of aromatic nitrogens is 4. The normalized spacial score (nSPS) is 22.6. The molecule has 1 saturated carbocycles. The average Bonchev–Trinajstić information content (AvgIpc) is 3.10. The molecule has 2 heterocycles. The predicted molar refractivity (Wildman–Crippen MR) is 79.6 cm³/mol. The van der Waals surface area contributed by atoms with E-state index in [1.54, 1.807) is 6.20 Å². The van der Waals surface area contributed by atoms with Gasteiger partial charge in [-0.3, -0.25) is 0 Å². The molecule has 0 saturated heterocycles. The van der Waals surface area contributed by atoms with Crippen molar-refractivity contribution in [2.75, 3.05) is 6.54 Å². The Morgan fingerprint density at radius 2 is 2.24 bits per heavy atom. The highest BCUT2D eigenvalue weighted by Gasteiger charge is 2.26. The first-order valence-electron chi connectivity index (χ1n) is 7.81. The number of aryl methyl sites for hydroxylation is 1. The summed E-state index contributed by atoms with van der Waals surface area (Å²) in [5.74, 6) is 2.64. The Kier molecular flexibility index (Phi) is 4.34. The Bertz CT molecular complexity index is 574. The first-order valence-corrected chi connectivity index (χ1v) is 7.81. The molecule has 1 aliphatic rings. The molecule has 0 aliphatic heterocycles. The Morgan fingerprint density at radius 3 is 3.00 bits per heavy atom. The van der Waals surface area contributed by atoms with Gasteiger partial charge in [0.05, 0.1) is 0 Å². The van der Waals surface area contributed by atoms with Crippen LogP contribution in [0.1, 0.15) is 38.5 Å². The molecule has 6 heteroatoms. The van der Waals surface area contributed by atoms with E-state index < -0.39 is 0 Å². The van der Waals surface area contributed by atoms with Crippen LogP contribution in [0.2, 0.25) is 0 Å². The van der Waals surface area contributed by atoms with E-state index in [2.05, 4.69) is 27.4 Å². The van der Waals surface area contributed by atoms with Crippen molar-refractivity contribution < 1.29 is 4.52 Å². The van der Waals surface area contributed by atoms with Crippen LogP contribution in [0.4, 0.5) is 0 Å². The zero-order valence-corrected chi connectivity index (χ0v) is 12.7. The van der Waals surface area contributed by atoms with E-state index in [1.807, 2.05) is 17.8 Å². The topological polar surface area (TPSA) is 68.8 Å². The van der Waals surface area contributed by atoms with Crippen LogP contribution in [-0.4, -0.2) is 32.3 Å². The van der Waals surface area contributed by atoms with Gasteiger partial charge in [0.2, 0.25) is 11.7 Å². The second-order valence-electron chi connectivity index (χ2n) is 5.79. The van der Waals surface area contributed by atoms with Crippen molar-refractivity contribution in [3.63, 3.8) is 0 Å². The highest BCUT2D eigenvalue weighted by Crippen LogP contribution is 2.27. The summed E-state index contributed by atoms with van der Waals surface area (Å²) in [6.45, 7) is 3.18. The van der Waals surface area contributed by atoms with Crippen molar-refractivity contribution in [3.05, 3.63) is 18.3 Å². The summed E-state index contributed by atoms with van der Waals surface area (Å²) in [6.07, 6.45) is 9.58. The summed E-state index contributed by atoms with van der Waals surface area (Å²) in [4.78, 5) is 8.77. The standard InChI is InChI=1S/C15H23N5O/c1-3-16-12-7-5-4-6-11(12)10-13-18-14(19-21-13)15-17-8-9-20(15)2/h8-9,11-12,16H,3-7,10H2,1-2H3. The lowest BCUT2D eigenvalue weighted by molar-refractivity contribution is 0.242. The summed E-state index contributed by atoms with van der Waals surface area (Å²) in [7, 11) is 1.93. The van der Waals surface area contributed by atoms with Crippen molar-refractivity contribution >= 4 is 0 Å². The lowest BCUT2D eigenvalue weighted by Crippen LogP contribution is -2.39. The van der Waals surface area contributed by atoms with Crippen LogP contribution in [0.3, 0.4) is 0 Å². The van der Waals surface area contributed by atoms with E-state index in [1.165, 1.54) is 25.7 Å². The van der Waals surface area contributed by atoms with Gasteiger partial charge in [0.1, 0.15) is 0 Å². The molecular formula is C15H23N5O. The number of imidazole rings is 1. The second kappa shape index (κ2) is 6.39. The van der Waals surface area contributed by atoms with Crippen molar-refractivity contribution in [1.29, 1.82) is 0 Å². The molecule has 1 fully saturated rings. The smallest absolute Gasteiger partial charge is 0.238 e. The Labute approximate surface area is 125 Å². The molecule has 0 spiro atoms.